The van der Waals surface area contributed by atoms with E-state index in [4.69, 9.17) is 0 Å². The van der Waals surface area contributed by atoms with Crippen LogP contribution in [0.25, 0.3) is 0 Å². The normalized spacial score (nSPS) is 22.8. The Morgan fingerprint density at radius 1 is 1.35 bits per heavy atom. The molecule has 20 heavy (non-hydrogen) atoms. The summed E-state index contributed by atoms with van der Waals surface area (Å²) in [6, 6.07) is 7.31. The monoisotopic (exact) mass is 276 g/mol. The van der Waals surface area contributed by atoms with Crippen LogP contribution in [0.4, 0.5) is 11.4 Å². The highest BCUT2D eigenvalue weighted by atomic mass is 16.6. The molecule has 0 saturated heterocycles. The summed E-state index contributed by atoms with van der Waals surface area (Å²) in [6.07, 6.45) is 6.02. The third kappa shape index (κ3) is 3.95. The molecule has 0 aliphatic heterocycles. The van der Waals surface area contributed by atoms with Crippen LogP contribution in [-0.4, -0.2) is 11.0 Å². The van der Waals surface area contributed by atoms with Gasteiger partial charge < -0.3 is 5.32 Å². The van der Waals surface area contributed by atoms with Gasteiger partial charge in [0.1, 0.15) is 5.69 Å². The van der Waals surface area contributed by atoms with Gasteiger partial charge in [-0.15, -0.1) is 0 Å². The molecule has 2 unspecified atom stereocenters. The number of benzene rings is 1. The average molecular weight is 276 g/mol. The van der Waals surface area contributed by atoms with Gasteiger partial charge in [-0.3, -0.25) is 10.1 Å². The van der Waals surface area contributed by atoms with E-state index in [2.05, 4.69) is 19.2 Å². The number of anilines is 1. The van der Waals surface area contributed by atoms with Crippen LogP contribution < -0.4 is 5.32 Å². The second-order valence-corrected chi connectivity index (χ2v) is 6.28. The van der Waals surface area contributed by atoms with Crippen LogP contribution >= 0.6 is 0 Å². The molecule has 0 amide bonds. The molecule has 0 aromatic heterocycles. The maximum Gasteiger partial charge on any atom is 0.292 e. The number of hydrogen-bond acceptors (Lipinski definition) is 3. The van der Waals surface area contributed by atoms with E-state index in [9.17, 15) is 10.1 Å². The van der Waals surface area contributed by atoms with E-state index < -0.39 is 0 Å². The first-order valence-electron chi connectivity index (χ1n) is 7.56. The van der Waals surface area contributed by atoms with E-state index in [1.807, 2.05) is 12.1 Å². The summed E-state index contributed by atoms with van der Waals surface area (Å²) in [5, 5.41) is 14.4. The molecular weight excluding hydrogens is 252 g/mol. The molecule has 0 spiro atoms. The molecule has 1 aromatic rings. The Bertz CT molecular complexity index is 460. The standard InChI is InChI=1S/C16H24N2O2/c1-12(2)10-13-6-5-7-14(11-13)17-15-8-3-4-9-16(15)18(19)20/h3-4,8-9,12-14,17H,5-7,10-11H2,1-2H3. The highest BCUT2D eigenvalue weighted by Crippen LogP contribution is 2.33. The summed E-state index contributed by atoms with van der Waals surface area (Å²) < 4.78 is 0. The molecule has 1 saturated carbocycles. The fourth-order valence-electron chi connectivity index (χ4n) is 3.28. The predicted molar refractivity (Wildman–Crippen MR) is 81.9 cm³/mol. The molecule has 1 fully saturated rings. The smallest absolute Gasteiger partial charge is 0.292 e. The molecule has 1 aromatic carbocycles. The van der Waals surface area contributed by atoms with Crippen molar-refractivity contribution in [3.63, 3.8) is 0 Å². The fourth-order valence-corrected chi connectivity index (χ4v) is 3.28. The lowest BCUT2D eigenvalue weighted by Gasteiger charge is -2.31. The van der Waals surface area contributed by atoms with Crippen LogP contribution in [0.1, 0.15) is 46.0 Å². The first-order valence-corrected chi connectivity index (χ1v) is 7.56. The lowest BCUT2D eigenvalue weighted by atomic mass is 9.81. The van der Waals surface area contributed by atoms with Gasteiger partial charge in [0, 0.05) is 12.1 Å². The minimum absolute atomic E-state index is 0.179. The topological polar surface area (TPSA) is 55.2 Å². The zero-order valence-corrected chi connectivity index (χ0v) is 12.3. The quantitative estimate of drug-likeness (QED) is 0.631. The van der Waals surface area contributed by atoms with Crippen LogP contribution in [-0.2, 0) is 0 Å². The van der Waals surface area contributed by atoms with Crippen LogP contribution in [0, 0.1) is 22.0 Å². The Morgan fingerprint density at radius 3 is 2.80 bits per heavy atom. The molecular formula is C16H24N2O2. The molecule has 110 valence electrons. The second-order valence-electron chi connectivity index (χ2n) is 6.28. The SMILES string of the molecule is CC(C)CC1CCCC(Nc2ccccc2[N+](=O)[O-])C1. The van der Waals surface area contributed by atoms with Crippen molar-refractivity contribution in [1.29, 1.82) is 0 Å². The lowest BCUT2D eigenvalue weighted by molar-refractivity contribution is -0.384. The van der Waals surface area contributed by atoms with Crippen molar-refractivity contribution in [2.45, 2.75) is 52.0 Å². The first kappa shape index (κ1) is 14.8. The van der Waals surface area contributed by atoms with E-state index in [1.54, 1.807) is 12.1 Å². The summed E-state index contributed by atoms with van der Waals surface area (Å²) >= 11 is 0. The summed E-state index contributed by atoms with van der Waals surface area (Å²) in [5.74, 6) is 1.48. The van der Waals surface area contributed by atoms with Crippen molar-refractivity contribution in [2.24, 2.45) is 11.8 Å². The molecule has 1 aliphatic carbocycles. The minimum Gasteiger partial charge on any atom is -0.377 e. The molecule has 4 nitrogen and oxygen atoms in total. The molecule has 0 radical (unpaired) electrons. The fraction of sp³-hybridized carbons (Fsp3) is 0.625. The third-order valence-corrected chi connectivity index (χ3v) is 4.05. The van der Waals surface area contributed by atoms with Gasteiger partial charge in [-0.2, -0.15) is 0 Å². The second kappa shape index (κ2) is 6.73. The number of nitro groups is 1. The highest BCUT2D eigenvalue weighted by Gasteiger charge is 2.24. The number of nitrogens with zero attached hydrogens (tertiary/aromatic N) is 1. The van der Waals surface area contributed by atoms with Crippen molar-refractivity contribution < 1.29 is 4.92 Å². The predicted octanol–water partition coefficient (Wildman–Crippen LogP) is 4.61. The Morgan fingerprint density at radius 2 is 2.10 bits per heavy atom. The van der Waals surface area contributed by atoms with E-state index in [1.165, 1.54) is 19.3 Å². The van der Waals surface area contributed by atoms with Gasteiger partial charge in [-0.05, 0) is 37.2 Å². The van der Waals surface area contributed by atoms with Gasteiger partial charge in [0.25, 0.3) is 5.69 Å². The molecule has 0 heterocycles. The summed E-state index contributed by atoms with van der Waals surface area (Å²) in [5.41, 5.74) is 0.839. The van der Waals surface area contributed by atoms with Gasteiger partial charge in [0.2, 0.25) is 0 Å². The number of nitrogens with one attached hydrogen (secondary N) is 1. The molecule has 2 atom stereocenters. The third-order valence-electron chi connectivity index (χ3n) is 4.05. The number of hydrogen-bond donors (Lipinski definition) is 1. The van der Waals surface area contributed by atoms with Crippen molar-refractivity contribution in [3.05, 3.63) is 34.4 Å². The zero-order valence-electron chi connectivity index (χ0n) is 12.3. The Labute approximate surface area is 120 Å². The number of para-hydroxylation sites is 2. The molecule has 0 bridgehead atoms. The largest absolute Gasteiger partial charge is 0.377 e. The maximum absolute atomic E-state index is 11.0. The Hall–Kier alpha value is -1.58. The number of rotatable bonds is 5. The lowest BCUT2D eigenvalue weighted by Crippen LogP contribution is -2.28. The summed E-state index contributed by atoms with van der Waals surface area (Å²) in [4.78, 5) is 10.7. The van der Waals surface area contributed by atoms with Gasteiger partial charge in [-0.25, -0.2) is 0 Å². The number of nitro benzene ring substituents is 1. The van der Waals surface area contributed by atoms with Gasteiger partial charge in [0.05, 0.1) is 4.92 Å². The van der Waals surface area contributed by atoms with E-state index in [0.29, 0.717) is 11.7 Å². The minimum atomic E-state index is -0.309. The highest BCUT2D eigenvalue weighted by molar-refractivity contribution is 5.61. The van der Waals surface area contributed by atoms with Gasteiger partial charge in [-0.1, -0.05) is 38.8 Å². The molecule has 1 aliphatic rings. The van der Waals surface area contributed by atoms with Crippen LogP contribution in [0.2, 0.25) is 0 Å². The first-order chi connectivity index (χ1) is 9.56. The molecule has 1 N–H and O–H groups in total. The Kier molecular flexibility index (Phi) is 4.99. The Balaban J connectivity index is 2.01. The summed E-state index contributed by atoms with van der Waals surface area (Å²) in [6.45, 7) is 4.53. The van der Waals surface area contributed by atoms with Crippen LogP contribution in [0.5, 0.6) is 0 Å². The van der Waals surface area contributed by atoms with Gasteiger partial charge >= 0.3 is 0 Å². The van der Waals surface area contributed by atoms with E-state index in [0.717, 1.165) is 24.7 Å². The van der Waals surface area contributed by atoms with Crippen molar-refractivity contribution in [3.8, 4) is 0 Å². The maximum atomic E-state index is 11.0. The van der Waals surface area contributed by atoms with E-state index >= 15 is 0 Å². The van der Waals surface area contributed by atoms with Crippen molar-refractivity contribution >= 4 is 11.4 Å². The molecule has 2 rings (SSSR count). The van der Waals surface area contributed by atoms with Gasteiger partial charge in [0.15, 0.2) is 0 Å². The molecule has 4 heteroatoms. The van der Waals surface area contributed by atoms with Crippen LogP contribution in [0.15, 0.2) is 24.3 Å². The van der Waals surface area contributed by atoms with Crippen molar-refractivity contribution in [1.82, 2.24) is 0 Å². The summed E-state index contributed by atoms with van der Waals surface area (Å²) in [7, 11) is 0. The van der Waals surface area contributed by atoms with Crippen molar-refractivity contribution in [2.75, 3.05) is 5.32 Å². The average Bonchev–Trinajstić information content (AvgIpc) is 2.38. The zero-order chi connectivity index (χ0) is 14.5. The van der Waals surface area contributed by atoms with E-state index in [-0.39, 0.29) is 10.6 Å². The van der Waals surface area contributed by atoms with Crippen LogP contribution in [0.3, 0.4) is 0 Å².